The smallest absolute Gasteiger partial charge is 0.185 e. The minimum Gasteiger partial charge on any atom is -0.378 e. The fourth-order valence-corrected chi connectivity index (χ4v) is 3.31. The molecule has 0 radical (unpaired) electrons. The minimum absolute atomic E-state index is 0.0244. The van der Waals surface area contributed by atoms with E-state index in [1.165, 1.54) is 5.69 Å². The molecule has 0 bridgehead atoms. The number of allylic oxidation sites excluding steroid dienone is 1. The van der Waals surface area contributed by atoms with Gasteiger partial charge in [0.05, 0.1) is 13.2 Å². The van der Waals surface area contributed by atoms with Gasteiger partial charge in [0.25, 0.3) is 0 Å². The maximum Gasteiger partial charge on any atom is 0.185 e. The van der Waals surface area contributed by atoms with Crippen molar-refractivity contribution in [3.8, 4) is 0 Å². The average Bonchev–Trinajstić information content (AvgIpc) is 2.74. The van der Waals surface area contributed by atoms with Crippen molar-refractivity contribution >= 4 is 23.2 Å². The lowest BCUT2D eigenvalue weighted by atomic mass is 10.1. The lowest BCUT2D eigenvalue weighted by molar-refractivity contribution is 0.104. The predicted octanol–water partition coefficient (Wildman–Crippen LogP) is 4.27. The number of ether oxygens (including phenoxy) is 1. The number of carbonyl (C=O) groups excluding carboxylic acids is 1. The van der Waals surface area contributed by atoms with Crippen LogP contribution in [0.2, 0.25) is 0 Å². The van der Waals surface area contributed by atoms with E-state index < -0.39 is 0 Å². The number of benzene rings is 2. The molecular weight excluding hydrogens is 336 g/mol. The first-order valence-corrected chi connectivity index (χ1v) is 9.71. The quantitative estimate of drug-likeness (QED) is 0.543. The largest absolute Gasteiger partial charge is 0.378 e. The van der Waals surface area contributed by atoms with E-state index in [0.717, 1.165) is 50.6 Å². The molecule has 1 saturated heterocycles. The molecule has 0 aliphatic carbocycles. The molecule has 0 amide bonds. The van der Waals surface area contributed by atoms with E-state index >= 15 is 0 Å². The van der Waals surface area contributed by atoms with E-state index in [-0.39, 0.29) is 5.78 Å². The molecule has 0 saturated carbocycles. The van der Waals surface area contributed by atoms with Crippen LogP contribution in [0.25, 0.3) is 6.08 Å². The third-order valence-electron chi connectivity index (χ3n) is 4.98. The van der Waals surface area contributed by atoms with Gasteiger partial charge in [0.1, 0.15) is 0 Å². The molecule has 0 atom stereocenters. The molecule has 142 valence electrons. The van der Waals surface area contributed by atoms with Gasteiger partial charge >= 0.3 is 0 Å². The van der Waals surface area contributed by atoms with Crippen LogP contribution in [0.3, 0.4) is 0 Å². The Balaban J connectivity index is 1.62. The summed E-state index contributed by atoms with van der Waals surface area (Å²) in [6.07, 6.45) is 3.53. The minimum atomic E-state index is 0.0244. The molecular formula is C23H28N2O2. The van der Waals surface area contributed by atoms with Gasteiger partial charge in [-0.25, -0.2) is 0 Å². The number of hydrogen-bond acceptors (Lipinski definition) is 4. The van der Waals surface area contributed by atoms with E-state index in [2.05, 4.69) is 47.9 Å². The van der Waals surface area contributed by atoms with E-state index in [0.29, 0.717) is 5.56 Å². The van der Waals surface area contributed by atoms with Crippen LogP contribution in [-0.2, 0) is 4.74 Å². The summed E-state index contributed by atoms with van der Waals surface area (Å²) in [6.45, 7) is 9.61. The number of hydrogen-bond donors (Lipinski definition) is 0. The molecule has 4 heteroatoms. The third-order valence-corrected chi connectivity index (χ3v) is 4.98. The Hall–Kier alpha value is -2.59. The summed E-state index contributed by atoms with van der Waals surface area (Å²) in [6, 6.07) is 16.2. The van der Waals surface area contributed by atoms with Crippen molar-refractivity contribution in [1.82, 2.24) is 0 Å². The summed E-state index contributed by atoms with van der Waals surface area (Å²) in [4.78, 5) is 17.0. The third kappa shape index (κ3) is 4.98. The zero-order chi connectivity index (χ0) is 19.1. The van der Waals surface area contributed by atoms with E-state index in [9.17, 15) is 4.79 Å². The second-order valence-electron chi connectivity index (χ2n) is 6.61. The SMILES string of the molecule is CCN(CC)c1ccc(/C=C/C(=O)c2ccc(N3CCOCC3)cc2)cc1. The number of anilines is 2. The van der Waals surface area contributed by atoms with E-state index in [1.807, 2.05) is 30.3 Å². The van der Waals surface area contributed by atoms with Crippen molar-refractivity contribution in [1.29, 1.82) is 0 Å². The average molecular weight is 364 g/mol. The first kappa shape index (κ1) is 19.2. The van der Waals surface area contributed by atoms with Crippen molar-refractivity contribution in [3.63, 3.8) is 0 Å². The molecule has 3 rings (SSSR count). The first-order chi connectivity index (χ1) is 13.2. The Labute approximate surface area is 162 Å². The highest BCUT2D eigenvalue weighted by molar-refractivity contribution is 6.07. The summed E-state index contributed by atoms with van der Waals surface area (Å²) in [7, 11) is 0. The van der Waals surface area contributed by atoms with Gasteiger partial charge in [0, 0.05) is 43.1 Å². The topological polar surface area (TPSA) is 32.8 Å². The summed E-state index contributed by atoms with van der Waals surface area (Å²) < 4.78 is 5.38. The van der Waals surface area contributed by atoms with Crippen molar-refractivity contribution in [2.45, 2.75) is 13.8 Å². The predicted molar refractivity (Wildman–Crippen MR) is 113 cm³/mol. The van der Waals surface area contributed by atoms with Gasteiger partial charge in [-0.1, -0.05) is 18.2 Å². The second kappa shape index (κ2) is 9.38. The van der Waals surface area contributed by atoms with Crippen LogP contribution in [0.4, 0.5) is 11.4 Å². The highest BCUT2D eigenvalue weighted by atomic mass is 16.5. The number of morpholine rings is 1. The number of rotatable bonds is 7. The normalized spacial score (nSPS) is 14.5. The fourth-order valence-electron chi connectivity index (χ4n) is 3.31. The highest BCUT2D eigenvalue weighted by Crippen LogP contribution is 2.18. The van der Waals surface area contributed by atoms with Gasteiger partial charge in [-0.3, -0.25) is 4.79 Å². The van der Waals surface area contributed by atoms with Gasteiger partial charge in [-0.05, 0) is 61.9 Å². The summed E-state index contributed by atoms with van der Waals surface area (Å²) >= 11 is 0. The van der Waals surface area contributed by atoms with E-state index in [4.69, 9.17) is 4.74 Å². The first-order valence-electron chi connectivity index (χ1n) is 9.71. The molecule has 0 unspecified atom stereocenters. The van der Waals surface area contributed by atoms with Gasteiger partial charge < -0.3 is 14.5 Å². The number of nitrogens with zero attached hydrogens (tertiary/aromatic N) is 2. The van der Waals surface area contributed by atoms with Crippen LogP contribution >= 0.6 is 0 Å². The molecule has 0 spiro atoms. The monoisotopic (exact) mass is 364 g/mol. The molecule has 0 aromatic heterocycles. The zero-order valence-electron chi connectivity index (χ0n) is 16.2. The maximum atomic E-state index is 12.4. The van der Waals surface area contributed by atoms with Crippen molar-refractivity contribution in [3.05, 3.63) is 65.7 Å². The molecule has 1 aliphatic rings. The summed E-state index contributed by atoms with van der Waals surface area (Å²) in [5, 5.41) is 0. The molecule has 2 aromatic carbocycles. The Bertz CT molecular complexity index is 756. The molecule has 1 fully saturated rings. The standard InChI is InChI=1S/C23H28N2O2/c1-3-24(4-2)21-10-5-19(6-11-21)7-14-23(26)20-8-12-22(13-9-20)25-15-17-27-18-16-25/h5-14H,3-4,15-18H2,1-2H3/b14-7+. The lowest BCUT2D eigenvalue weighted by Gasteiger charge is -2.28. The molecule has 4 nitrogen and oxygen atoms in total. The maximum absolute atomic E-state index is 12.4. The summed E-state index contributed by atoms with van der Waals surface area (Å²) in [5.41, 5.74) is 4.10. The Kier molecular flexibility index (Phi) is 6.66. The Morgan fingerprint density at radius 3 is 2.22 bits per heavy atom. The number of ketones is 1. The molecule has 1 aliphatic heterocycles. The zero-order valence-corrected chi connectivity index (χ0v) is 16.2. The Morgan fingerprint density at radius 2 is 1.63 bits per heavy atom. The van der Waals surface area contributed by atoms with Crippen LogP contribution < -0.4 is 9.80 Å². The summed E-state index contributed by atoms with van der Waals surface area (Å²) in [5.74, 6) is 0.0244. The lowest BCUT2D eigenvalue weighted by Crippen LogP contribution is -2.36. The van der Waals surface area contributed by atoms with Gasteiger partial charge in [0.15, 0.2) is 5.78 Å². The fraction of sp³-hybridized carbons (Fsp3) is 0.348. The van der Waals surface area contributed by atoms with Crippen LogP contribution in [0, 0.1) is 0 Å². The van der Waals surface area contributed by atoms with Crippen LogP contribution in [0.5, 0.6) is 0 Å². The van der Waals surface area contributed by atoms with Crippen molar-refractivity contribution in [2.75, 3.05) is 49.2 Å². The molecule has 1 heterocycles. The molecule has 2 aromatic rings. The molecule has 0 N–H and O–H groups in total. The Morgan fingerprint density at radius 1 is 1.00 bits per heavy atom. The second-order valence-corrected chi connectivity index (χ2v) is 6.61. The molecule has 27 heavy (non-hydrogen) atoms. The van der Waals surface area contributed by atoms with Crippen LogP contribution in [0.1, 0.15) is 29.8 Å². The van der Waals surface area contributed by atoms with Gasteiger partial charge in [-0.15, -0.1) is 0 Å². The highest BCUT2D eigenvalue weighted by Gasteiger charge is 2.11. The van der Waals surface area contributed by atoms with Crippen LogP contribution in [-0.4, -0.2) is 45.2 Å². The van der Waals surface area contributed by atoms with Gasteiger partial charge in [0.2, 0.25) is 0 Å². The van der Waals surface area contributed by atoms with Crippen LogP contribution in [0.15, 0.2) is 54.6 Å². The van der Waals surface area contributed by atoms with Gasteiger partial charge in [-0.2, -0.15) is 0 Å². The number of carbonyl (C=O) groups is 1. The van der Waals surface area contributed by atoms with E-state index in [1.54, 1.807) is 6.08 Å². The van der Waals surface area contributed by atoms with Crippen molar-refractivity contribution in [2.24, 2.45) is 0 Å². The van der Waals surface area contributed by atoms with Crippen molar-refractivity contribution < 1.29 is 9.53 Å².